The first-order valence-corrected chi connectivity index (χ1v) is 12.2. The Morgan fingerprint density at radius 1 is 1.00 bits per heavy atom. The number of nitrogens with one attached hydrogen (secondary N) is 1. The quantitative estimate of drug-likeness (QED) is 0.526. The van der Waals surface area contributed by atoms with E-state index in [1.807, 2.05) is 18.2 Å². The van der Waals surface area contributed by atoms with Crippen LogP contribution in [0.2, 0.25) is 10.0 Å². The second kappa shape index (κ2) is 9.02. The monoisotopic (exact) mass is 476 g/mol. The summed E-state index contributed by atoms with van der Waals surface area (Å²) in [7, 11) is -3.90. The van der Waals surface area contributed by atoms with Crippen LogP contribution in [0.15, 0.2) is 59.5 Å². The summed E-state index contributed by atoms with van der Waals surface area (Å²) in [5.74, 6) is 1.61. The van der Waals surface area contributed by atoms with E-state index in [0.29, 0.717) is 11.4 Å². The molecule has 0 radical (unpaired) electrons. The average Bonchev–Trinajstić information content (AvgIpc) is 2.76. The molecule has 0 atom stereocenters. The first kappa shape index (κ1) is 21.9. The Balaban J connectivity index is 1.54. The fourth-order valence-electron chi connectivity index (χ4n) is 3.52. The number of rotatable bonds is 5. The normalized spacial score (nSPS) is 15.1. The third kappa shape index (κ3) is 5.11. The molecule has 0 unspecified atom stereocenters. The Morgan fingerprint density at radius 3 is 2.48 bits per heavy atom. The topological polar surface area (TPSA) is 75.2 Å². The summed E-state index contributed by atoms with van der Waals surface area (Å²) in [5, 5.41) is 9.13. The van der Waals surface area contributed by atoms with Crippen LogP contribution in [0.5, 0.6) is 0 Å². The molecule has 2 heterocycles. The maximum atomic E-state index is 12.8. The zero-order valence-electron chi connectivity index (χ0n) is 16.9. The summed E-state index contributed by atoms with van der Waals surface area (Å²) in [5.41, 5.74) is 1.81. The molecule has 0 saturated carbocycles. The number of hydrogen-bond donors (Lipinski definition) is 1. The van der Waals surface area contributed by atoms with Gasteiger partial charge in [0.1, 0.15) is 4.90 Å². The number of piperidine rings is 1. The smallest absolute Gasteiger partial charge is 0.263 e. The Kier molecular flexibility index (Phi) is 6.36. The molecule has 31 heavy (non-hydrogen) atoms. The van der Waals surface area contributed by atoms with E-state index in [9.17, 15) is 8.42 Å². The van der Waals surface area contributed by atoms with Crippen LogP contribution in [0, 0.1) is 5.92 Å². The molecule has 0 aliphatic carbocycles. The molecule has 0 spiro atoms. The molecule has 0 amide bonds. The van der Waals surface area contributed by atoms with Gasteiger partial charge in [-0.1, -0.05) is 42.3 Å². The number of anilines is 2. The van der Waals surface area contributed by atoms with Crippen molar-refractivity contribution in [3.05, 3.63) is 64.6 Å². The molecule has 4 rings (SSSR count). The summed E-state index contributed by atoms with van der Waals surface area (Å²) in [4.78, 5) is 2.17. The van der Waals surface area contributed by atoms with Crippen molar-refractivity contribution < 1.29 is 8.42 Å². The first-order valence-electron chi connectivity index (χ1n) is 9.99. The van der Waals surface area contributed by atoms with Gasteiger partial charge in [-0.25, -0.2) is 8.42 Å². The summed E-state index contributed by atoms with van der Waals surface area (Å²) in [6.45, 7) is 4.24. The van der Waals surface area contributed by atoms with E-state index >= 15 is 0 Å². The van der Waals surface area contributed by atoms with Gasteiger partial charge in [0.25, 0.3) is 10.0 Å². The van der Waals surface area contributed by atoms with Gasteiger partial charge in [-0.05, 0) is 61.2 Å². The molecule has 9 heteroatoms. The third-order valence-electron chi connectivity index (χ3n) is 5.35. The number of halogens is 2. The molecule has 1 fully saturated rings. The predicted octanol–water partition coefficient (Wildman–Crippen LogP) is 5.49. The van der Waals surface area contributed by atoms with Crippen LogP contribution in [-0.2, 0) is 10.0 Å². The Morgan fingerprint density at radius 2 is 1.77 bits per heavy atom. The van der Waals surface area contributed by atoms with Crippen LogP contribution in [-0.4, -0.2) is 31.7 Å². The molecule has 1 aliphatic heterocycles. The van der Waals surface area contributed by atoms with Crippen molar-refractivity contribution in [2.45, 2.75) is 24.7 Å². The summed E-state index contributed by atoms with van der Waals surface area (Å²) < 4.78 is 28.1. The molecule has 1 N–H and O–H groups in total. The highest BCUT2D eigenvalue weighted by atomic mass is 35.5. The van der Waals surface area contributed by atoms with E-state index in [1.165, 1.54) is 18.2 Å². The van der Waals surface area contributed by atoms with Crippen molar-refractivity contribution in [2.75, 3.05) is 22.7 Å². The summed E-state index contributed by atoms with van der Waals surface area (Å²) in [6, 6.07) is 15.2. The number of nitrogens with zero attached hydrogens (tertiary/aromatic N) is 3. The fraction of sp³-hybridized carbons (Fsp3) is 0.273. The van der Waals surface area contributed by atoms with E-state index in [2.05, 4.69) is 26.7 Å². The van der Waals surface area contributed by atoms with Gasteiger partial charge in [0.05, 0.1) is 10.7 Å². The minimum absolute atomic E-state index is 0.0768. The van der Waals surface area contributed by atoms with Gasteiger partial charge >= 0.3 is 0 Å². The van der Waals surface area contributed by atoms with E-state index in [4.69, 9.17) is 23.2 Å². The van der Waals surface area contributed by atoms with E-state index in [1.54, 1.807) is 18.2 Å². The van der Waals surface area contributed by atoms with Gasteiger partial charge < -0.3 is 4.90 Å². The van der Waals surface area contributed by atoms with Crippen LogP contribution in [0.25, 0.3) is 11.3 Å². The minimum atomic E-state index is -3.90. The first-order chi connectivity index (χ1) is 14.8. The molecule has 6 nitrogen and oxygen atoms in total. The molecule has 1 saturated heterocycles. The van der Waals surface area contributed by atoms with Crippen molar-refractivity contribution in [1.82, 2.24) is 10.2 Å². The lowest BCUT2D eigenvalue weighted by atomic mass is 9.99. The SMILES string of the molecule is CC1CCN(c2ccc(-c3cccc(NS(=O)(=O)c4cc(Cl)ccc4Cl)c3)nn2)CC1. The standard InChI is InChI=1S/C22H22Cl2N4O2S/c1-15-9-11-28(12-10-15)22-8-7-20(25-26-22)16-3-2-4-18(13-16)27-31(29,30)21-14-17(23)5-6-19(21)24/h2-8,13-15,27H,9-12H2,1H3. The minimum Gasteiger partial charge on any atom is -0.355 e. The molecule has 1 aliphatic rings. The van der Waals surface area contributed by atoms with Crippen LogP contribution < -0.4 is 9.62 Å². The largest absolute Gasteiger partial charge is 0.355 e. The van der Waals surface area contributed by atoms with Crippen molar-refractivity contribution in [1.29, 1.82) is 0 Å². The van der Waals surface area contributed by atoms with Gasteiger partial charge in [0.2, 0.25) is 0 Å². The predicted molar refractivity (Wildman–Crippen MR) is 125 cm³/mol. The van der Waals surface area contributed by atoms with E-state index in [-0.39, 0.29) is 14.9 Å². The lowest BCUT2D eigenvalue weighted by Gasteiger charge is -2.30. The van der Waals surface area contributed by atoms with Gasteiger partial charge in [-0.2, -0.15) is 0 Å². The number of aromatic nitrogens is 2. The van der Waals surface area contributed by atoms with Crippen LogP contribution >= 0.6 is 23.2 Å². The maximum Gasteiger partial charge on any atom is 0.263 e. The van der Waals surface area contributed by atoms with Gasteiger partial charge in [0, 0.05) is 29.4 Å². The van der Waals surface area contributed by atoms with Gasteiger partial charge in [-0.3, -0.25) is 4.72 Å². The van der Waals surface area contributed by atoms with Crippen LogP contribution in [0.3, 0.4) is 0 Å². The molecule has 0 bridgehead atoms. The lowest BCUT2D eigenvalue weighted by Crippen LogP contribution is -2.33. The molecule has 3 aromatic rings. The molecule has 1 aromatic heterocycles. The second-order valence-electron chi connectivity index (χ2n) is 7.71. The number of benzene rings is 2. The van der Waals surface area contributed by atoms with Gasteiger partial charge in [-0.15, -0.1) is 10.2 Å². The van der Waals surface area contributed by atoms with Crippen molar-refractivity contribution in [3.8, 4) is 11.3 Å². The highest BCUT2D eigenvalue weighted by Crippen LogP contribution is 2.29. The molecule has 162 valence electrons. The maximum absolute atomic E-state index is 12.8. The summed E-state index contributed by atoms with van der Waals surface area (Å²) in [6.07, 6.45) is 2.31. The van der Waals surface area contributed by atoms with E-state index < -0.39 is 10.0 Å². The highest BCUT2D eigenvalue weighted by Gasteiger charge is 2.20. The molecular weight excluding hydrogens is 455 g/mol. The number of sulfonamides is 1. The molecule has 2 aromatic carbocycles. The number of hydrogen-bond acceptors (Lipinski definition) is 5. The second-order valence-corrected chi connectivity index (χ2v) is 10.2. The Bertz CT molecular complexity index is 1180. The fourth-order valence-corrected chi connectivity index (χ4v) is 5.33. The van der Waals surface area contributed by atoms with Crippen LogP contribution in [0.1, 0.15) is 19.8 Å². The van der Waals surface area contributed by atoms with Gasteiger partial charge in [0.15, 0.2) is 5.82 Å². The van der Waals surface area contributed by atoms with Crippen molar-refractivity contribution >= 4 is 44.7 Å². The highest BCUT2D eigenvalue weighted by molar-refractivity contribution is 7.92. The van der Waals surface area contributed by atoms with E-state index in [0.717, 1.165) is 43.2 Å². The Hall–Kier alpha value is -2.35. The zero-order chi connectivity index (χ0) is 22.0. The van der Waals surface area contributed by atoms with Crippen LogP contribution in [0.4, 0.5) is 11.5 Å². The summed E-state index contributed by atoms with van der Waals surface area (Å²) >= 11 is 12.0. The third-order valence-corrected chi connectivity index (χ3v) is 7.45. The average molecular weight is 477 g/mol. The zero-order valence-corrected chi connectivity index (χ0v) is 19.3. The Labute approximate surface area is 192 Å². The van der Waals surface area contributed by atoms with Crippen molar-refractivity contribution in [2.24, 2.45) is 5.92 Å². The van der Waals surface area contributed by atoms with Crippen molar-refractivity contribution in [3.63, 3.8) is 0 Å². The molecular formula is C22H22Cl2N4O2S. The lowest BCUT2D eigenvalue weighted by molar-refractivity contribution is 0.436.